The second kappa shape index (κ2) is 5.19. The number of benzene rings is 2. The normalized spacial score (nSPS) is 25.3. The Morgan fingerprint density at radius 3 is 2.70 bits per heavy atom. The van der Waals surface area contributed by atoms with Crippen LogP contribution in [-0.2, 0) is 10.3 Å². The molecule has 2 aromatic carbocycles. The third kappa shape index (κ3) is 2.11. The molecule has 1 fully saturated rings. The minimum Gasteiger partial charge on any atom is -0.362 e. The van der Waals surface area contributed by atoms with Gasteiger partial charge in [0.25, 0.3) is 0 Å². The predicted molar refractivity (Wildman–Crippen MR) is 88.5 cm³/mol. The molecular formula is C18H18N4O. The molecule has 0 unspecified atom stereocenters. The molecule has 1 saturated heterocycles. The Balaban J connectivity index is 1.78. The molecule has 116 valence electrons. The lowest BCUT2D eigenvalue weighted by atomic mass is 9.90. The monoisotopic (exact) mass is 306 g/mol. The Morgan fingerprint density at radius 2 is 1.91 bits per heavy atom. The van der Waals surface area contributed by atoms with Gasteiger partial charge in [0.15, 0.2) is 0 Å². The number of para-hydroxylation sites is 1. The molecule has 0 spiro atoms. The van der Waals surface area contributed by atoms with Gasteiger partial charge in [0, 0.05) is 31.1 Å². The molecule has 0 bridgehead atoms. The highest BCUT2D eigenvalue weighted by Crippen LogP contribution is 2.50. The molecule has 1 amide bonds. The van der Waals surface area contributed by atoms with Gasteiger partial charge in [-0.05, 0) is 18.2 Å². The molecule has 0 aromatic heterocycles. The van der Waals surface area contributed by atoms with Crippen molar-refractivity contribution in [3.8, 4) is 0 Å². The zero-order valence-electron chi connectivity index (χ0n) is 12.9. The standard InChI is InChI=1S/C18H18N4O/c1-13(23)22-12-11-18(21-20-14-7-3-2-4-8-14)15-9-5-6-10-16(15)19-17(18)22/h2-10,17,19H,11-12H2,1H3/t17-,18+/m0/s1. The van der Waals surface area contributed by atoms with Gasteiger partial charge in [-0.2, -0.15) is 10.2 Å². The highest BCUT2D eigenvalue weighted by molar-refractivity contribution is 5.76. The topological polar surface area (TPSA) is 57.1 Å². The third-order valence-electron chi connectivity index (χ3n) is 4.69. The van der Waals surface area contributed by atoms with E-state index in [0.717, 1.165) is 23.4 Å². The summed E-state index contributed by atoms with van der Waals surface area (Å²) in [6.45, 7) is 2.30. The van der Waals surface area contributed by atoms with E-state index < -0.39 is 5.54 Å². The fourth-order valence-electron chi connectivity index (χ4n) is 3.57. The molecule has 0 aliphatic carbocycles. The lowest BCUT2D eigenvalue weighted by Crippen LogP contribution is -2.44. The molecule has 2 aromatic rings. The van der Waals surface area contributed by atoms with Crippen LogP contribution in [0, 0.1) is 0 Å². The molecule has 4 rings (SSSR count). The Morgan fingerprint density at radius 1 is 1.17 bits per heavy atom. The Hall–Kier alpha value is -2.69. The SMILES string of the molecule is CC(=O)N1CC[C@@]2(N=Nc3ccccc3)c3ccccc3N[C@@H]12. The fourth-order valence-corrected chi connectivity index (χ4v) is 3.57. The number of fused-ring (bicyclic) bond motifs is 3. The smallest absolute Gasteiger partial charge is 0.221 e. The van der Waals surface area contributed by atoms with Crippen molar-refractivity contribution in [3.05, 3.63) is 60.2 Å². The maximum absolute atomic E-state index is 12.0. The molecule has 2 aliphatic heterocycles. The number of nitrogens with zero attached hydrogens (tertiary/aromatic N) is 3. The highest BCUT2D eigenvalue weighted by atomic mass is 16.2. The van der Waals surface area contributed by atoms with Crippen LogP contribution < -0.4 is 5.32 Å². The van der Waals surface area contributed by atoms with Crippen LogP contribution in [0.3, 0.4) is 0 Å². The van der Waals surface area contributed by atoms with Crippen LogP contribution in [0.4, 0.5) is 11.4 Å². The van der Waals surface area contributed by atoms with E-state index in [2.05, 4.69) is 16.5 Å². The lowest BCUT2D eigenvalue weighted by molar-refractivity contribution is -0.129. The van der Waals surface area contributed by atoms with E-state index in [9.17, 15) is 4.79 Å². The minimum atomic E-state index is -0.502. The fraction of sp³-hybridized carbons (Fsp3) is 0.278. The first kappa shape index (κ1) is 13.9. The Bertz CT molecular complexity index is 774. The minimum absolute atomic E-state index is 0.0621. The summed E-state index contributed by atoms with van der Waals surface area (Å²) in [6, 6.07) is 17.8. The zero-order valence-corrected chi connectivity index (χ0v) is 12.9. The van der Waals surface area contributed by atoms with Crippen molar-refractivity contribution < 1.29 is 4.79 Å². The third-order valence-corrected chi connectivity index (χ3v) is 4.69. The van der Waals surface area contributed by atoms with Crippen molar-refractivity contribution in [1.29, 1.82) is 0 Å². The number of azo groups is 1. The van der Waals surface area contributed by atoms with Gasteiger partial charge in [-0.25, -0.2) is 0 Å². The van der Waals surface area contributed by atoms with E-state index in [1.165, 1.54) is 0 Å². The van der Waals surface area contributed by atoms with E-state index in [1.807, 2.05) is 53.4 Å². The van der Waals surface area contributed by atoms with Gasteiger partial charge >= 0.3 is 0 Å². The number of amides is 1. The van der Waals surface area contributed by atoms with Crippen LogP contribution in [0.1, 0.15) is 18.9 Å². The van der Waals surface area contributed by atoms with E-state index in [1.54, 1.807) is 6.92 Å². The van der Waals surface area contributed by atoms with Crippen LogP contribution in [-0.4, -0.2) is 23.5 Å². The number of hydrogen-bond donors (Lipinski definition) is 1. The molecular weight excluding hydrogens is 288 g/mol. The second-order valence-corrected chi connectivity index (χ2v) is 6.01. The van der Waals surface area contributed by atoms with Gasteiger partial charge < -0.3 is 10.2 Å². The van der Waals surface area contributed by atoms with Gasteiger partial charge in [0.2, 0.25) is 5.91 Å². The Kier molecular flexibility index (Phi) is 3.15. The largest absolute Gasteiger partial charge is 0.362 e. The molecule has 2 atom stereocenters. The van der Waals surface area contributed by atoms with Crippen molar-refractivity contribution in [2.45, 2.75) is 25.0 Å². The van der Waals surface area contributed by atoms with E-state index in [0.29, 0.717) is 6.54 Å². The summed E-state index contributed by atoms with van der Waals surface area (Å²) in [6.07, 6.45) is 0.613. The average molecular weight is 306 g/mol. The molecule has 5 nitrogen and oxygen atoms in total. The van der Waals surface area contributed by atoms with Gasteiger partial charge in [-0.3, -0.25) is 4.79 Å². The van der Waals surface area contributed by atoms with Gasteiger partial charge in [-0.1, -0.05) is 36.4 Å². The Labute approximate surface area is 135 Å². The van der Waals surface area contributed by atoms with E-state index >= 15 is 0 Å². The van der Waals surface area contributed by atoms with Crippen LogP contribution in [0.5, 0.6) is 0 Å². The van der Waals surface area contributed by atoms with Crippen LogP contribution in [0.15, 0.2) is 64.8 Å². The molecule has 2 heterocycles. The lowest BCUT2D eigenvalue weighted by Gasteiger charge is -2.27. The highest BCUT2D eigenvalue weighted by Gasteiger charge is 2.55. The maximum atomic E-state index is 12.0. The summed E-state index contributed by atoms with van der Waals surface area (Å²) in [4.78, 5) is 13.8. The van der Waals surface area contributed by atoms with Crippen LogP contribution in [0.25, 0.3) is 0 Å². The summed E-state index contributed by atoms with van der Waals surface area (Å²) < 4.78 is 0. The number of hydrogen-bond acceptors (Lipinski definition) is 4. The van der Waals surface area contributed by atoms with Crippen LogP contribution >= 0.6 is 0 Å². The molecule has 0 radical (unpaired) electrons. The summed E-state index contributed by atoms with van der Waals surface area (Å²) >= 11 is 0. The van der Waals surface area contributed by atoms with Crippen LogP contribution in [0.2, 0.25) is 0 Å². The van der Waals surface area contributed by atoms with Gasteiger partial charge in [0.05, 0.1) is 5.69 Å². The number of likely N-dealkylation sites (tertiary alicyclic amines) is 1. The summed E-state index contributed by atoms with van der Waals surface area (Å²) in [5.41, 5.74) is 2.48. The van der Waals surface area contributed by atoms with Crippen molar-refractivity contribution in [2.24, 2.45) is 10.2 Å². The molecule has 5 heteroatoms. The average Bonchev–Trinajstić information content (AvgIpc) is 3.08. The first-order valence-electron chi connectivity index (χ1n) is 7.82. The summed E-state index contributed by atoms with van der Waals surface area (Å²) in [5, 5.41) is 12.6. The van der Waals surface area contributed by atoms with Gasteiger partial charge in [-0.15, -0.1) is 0 Å². The zero-order chi connectivity index (χ0) is 15.9. The van der Waals surface area contributed by atoms with Crippen molar-refractivity contribution in [2.75, 3.05) is 11.9 Å². The number of carbonyl (C=O) groups excluding carboxylic acids is 1. The van der Waals surface area contributed by atoms with Crippen molar-refractivity contribution in [3.63, 3.8) is 0 Å². The first-order chi connectivity index (χ1) is 11.2. The second-order valence-electron chi connectivity index (χ2n) is 6.01. The number of rotatable bonds is 2. The molecule has 23 heavy (non-hydrogen) atoms. The van der Waals surface area contributed by atoms with E-state index in [-0.39, 0.29) is 12.1 Å². The predicted octanol–water partition coefficient (Wildman–Crippen LogP) is 3.67. The quantitative estimate of drug-likeness (QED) is 0.861. The number of nitrogens with one attached hydrogen (secondary N) is 1. The van der Waals surface area contributed by atoms with Crippen molar-refractivity contribution in [1.82, 2.24) is 4.90 Å². The first-order valence-corrected chi connectivity index (χ1v) is 7.82. The molecule has 0 saturated carbocycles. The number of anilines is 1. The summed E-state index contributed by atoms with van der Waals surface area (Å²) in [5.74, 6) is 0.0621. The van der Waals surface area contributed by atoms with Gasteiger partial charge in [0.1, 0.15) is 11.7 Å². The summed E-state index contributed by atoms with van der Waals surface area (Å²) in [7, 11) is 0. The molecule has 1 N–H and O–H groups in total. The van der Waals surface area contributed by atoms with Crippen molar-refractivity contribution >= 4 is 17.3 Å². The van der Waals surface area contributed by atoms with E-state index in [4.69, 9.17) is 5.11 Å². The molecule has 2 aliphatic rings. The number of carbonyl (C=O) groups is 1. The maximum Gasteiger partial charge on any atom is 0.221 e.